The van der Waals surface area contributed by atoms with Crippen molar-refractivity contribution < 1.29 is 9.53 Å². The first-order chi connectivity index (χ1) is 12.4. The Morgan fingerprint density at radius 1 is 1.23 bits per heavy atom. The van der Waals surface area contributed by atoms with Crippen molar-refractivity contribution in [2.75, 3.05) is 5.43 Å². The molecule has 0 fully saturated rings. The number of benzene rings is 2. The smallest absolute Gasteiger partial charge is 0.280 e. The maximum atomic E-state index is 12.7. The Balaban J connectivity index is 1.98. The van der Waals surface area contributed by atoms with E-state index in [1.165, 1.54) is 0 Å². The highest BCUT2D eigenvalue weighted by Crippen LogP contribution is 2.23. The van der Waals surface area contributed by atoms with Crippen LogP contribution in [0.4, 0.5) is 0 Å². The zero-order chi connectivity index (χ0) is 18.8. The van der Waals surface area contributed by atoms with Gasteiger partial charge in [0, 0.05) is 4.47 Å². The van der Waals surface area contributed by atoms with Crippen LogP contribution in [-0.4, -0.2) is 21.7 Å². The van der Waals surface area contributed by atoms with Crippen molar-refractivity contribution in [3.63, 3.8) is 0 Å². The summed E-state index contributed by atoms with van der Waals surface area (Å²) in [7, 11) is 0. The Morgan fingerprint density at radius 2 is 1.96 bits per heavy atom. The molecule has 3 aromatic rings. The van der Waals surface area contributed by atoms with Crippen molar-refractivity contribution in [3.8, 4) is 5.75 Å². The molecule has 1 amide bonds. The third kappa shape index (κ3) is 3.62. The summed E-state index contributed by atoms with van der Waals surface area (Å²) in [6, 6.07) is 12.2. The predicted octanol–water partition coefficient (Wildman–Crippen LogP) is 3.64. The van der Waals surface area contributed by atoms with Gasteiger partial charge in [-0.25, -0.2) is 9.66 Å². The molecule has 0 aliphatic rings. The number of aromatic nitrogens is 2. The molecule has 1 heterocycles. The van der Waals surface area contributed by atoms with Gasteiger partial charge in [-0.15, -0.1) is 0 Å². The molecule has 134 valence electrons. The van der Waals surface area contributed by atoms with Crippen LogP contribution in [0.15, 0.2) is 51.7 Å². The minimum absolute atomic E-state index is 0.0124. The van der Waals surface area contributed by atoms with Gasteiger partial charge in [0.15, 0.2) is 0 Å². The quantitative estimate of drug-likeness (QED) is 0.705. The van der Waals surface area contributed by atoms with Crippen molar-refractivity contribution in [2.24, 2.45) is 0 Å². The third-order valence-electron chi connectivity index (χ3n) is 3.71. The number of halogens is 1. The van der Waals surface area contributed by atoms with Crippen molar-refractivity contribution in [1.29, 1.82) is 0 Å². The second-order valence-electron chi connectivity index (χ2n) is 6.07. The predicted molar refractivity (Wildman–Crippen MR) is 104 cm³/mol. The van der Waals surface area contributed by atoms with Gasteiger partial charge in [-0.1, -0.05) is 12.1 Å². The van der Waals surface area contributed by atoms with Gasteiger partial charge in [0.1, 0.15) is 11.6 Å². The fourth-order valence-electron chi connectivity index (χ4n) is 2.56. The van der Waals surface area contributed by atoms with Gasteiger partial charge in [-0.3, -0.25) is 15.0 Å². The maximum Gasteiger partial charge on any atom is 0.280 e. The van der Waals surface area contributed by atoms with E-state index in [2.05, 4.69) is 26.3 Å². The molecular weight excluding hydrogens is 398 g/mol. The van der Waals surface area contributed by atoms with Gasteiger partial charge in [0.05, 0.1) is 22.6 Å². The van der Waals surface area contributed by atoms with Gasteiger partial charge < -0.3 is 4.74 Å². The number of fused-ring (bicyclic) bond motifs is 1. The number of nitrogens with zero attached hydrogens (tertiary/aromatic N) is 2. The standard InChI is InChI=1S/C19H18BrN3O3/c1-11(2)26-13-8-9-16(20)15(10-13)18(24)22-23-12(3)21-17-7-5-4-6-14(17)19(23)25/h4-11H,1-3H3,(H,22,24). The molecule has 0 aliphatic heterocycles. The van der Waals surface area contributed by atoms with Crippen LogP contribution in [0.1, 0.15) is 30.0 Å². The minimum Gasteiger partial charge on any atom is -0.491 e. The van der Waals surface area contributed by atoms with E-state index < -0.39 is 5.91 Å². The number of hydrogen-bond donors (Lipinski definition) is 1. The lowest BCUT2D eigenvalue weighted by Crippen LogP contribution is -2.35. The number of aryl methyl sites for hydroxylation is 1. The molecule has 0 unspecified atom stereocenters. The molecule has 1 N–H and O–H groups in total. The van der Waals surface area contributed by atoms with E-state index in [0.29, 0.717) is 32.5 Å². The van der Waals surface area contributed by atoms with Gasteiger partial charge in [0.25, 0.3) is 11.5 Å². The summed E-state index contributed by atoms with van der Waals surface area (Å²) < 4.78 is 7.40. The molecular formula is C19H18BrN3O3. The van der Waals surface area contributed by atoms with Crippen LogP contribution in [0.25, 0.3) is 10.9 Å². The van der Waals surface area contributed by atoms with E-state index in [9.17, 15) is 9.59 Å². The fourth-order valence-corrected chi connectivity index (χ4v) is 2.99. The first-order valence-electron chi connectivity index (χ1n) is 8.13. The highest BCUT2D eigenvalue weighted by Gasteiger charge is 2.15. The molecule has 0 radical (unpaired) electrons. The second-order valence-corrected chi connectivity index (χ2v) is 6.92. The summed E-state index contributed by atoms with van der Waals surface area (Å²) in [4.78, 5) is 29.8. The van der Waals surface area contributed by atoms with Crippen molar-refractivity contribution in [3.05, 3.63) is 68.7 Å². The summed E-state index contributed by atoms with van der Waals surface area (Å²) in [5, 5.41) is 0.439. The van der Waals surface area contributed by atoms with Crippen molar-refractivity contribution in [2.45, 2.75) is 26.9 Å². The lowest BCUT2D eigenvalue weighted by molar-refractivity contribution is 0.100. The molecule has 0 aliphatic carbocycles. The highest BCUT2D eigenvalue weighted by molar-refractivity contribution is 9.10. The Labute approximate surface area is 158 Å². The zero-order valence-electron chi connectivity index (χ0n) is 14.6. The van der Waals surface area contributed by atoms with E-state index in [4.69, 9.17) is 4.74 Å². The molecule has 7 heteroatoms. The fraction of sp³-hybridized carbons (Fsp3) is 0.211. The largest absolute Gasteiger partial charge is 0.491 e. The van der Waals surface area contributed by atoms with Gasteiger partial charge in [0.2, 0.25) is 0 Å². The summed E-state index contributed by atoms with van der Waals surface area (Å²) in [5.41, 5.74) is 3.25. The number of para-hydroxylation sites is 1. The van der Waals surface area contributed by atoms with E-state index in [1.807, 2.05) is 19.9 Å². The van der Waals surface area contributed by atoms with Gasteiger partial charge in [-0.2, -0.15) is 0 Å². The van der Waals surface area contributed by atoms with Crippen LogP contribution in [0.3, 0.4) is 0 Å². The Bertz CT molecular complexity index is 1040. The molecule has 0 atom stereocenters. The van der Waals surface area contributed by atoms with Crippen LogP contribution in [0.5, 0.6) is 5.75 Å². The monoisotopic (exact) mass is 415 g/mol. The lowest BCUT2D eigenvalue weighted by atomic mass is 10.2. The number of amides is 1. The lowest BCUT2D eigenvalue weighted by Gasteiger charge is -2.14. The average molecular weight is 416 g/mol. The maximum absolute atomic E-state index is 12.7. The molecule has 1 aromatic heterocycles. The number of carbonyl (C=O) groups is 1. The SMILES string of the molecule is Cc1nc2ccccc2c(=O)n1NC(=O)c1cc(OC(C)C)ccc1Br. The van der Waals surface area contributed by atoms with Gasteiger partial charge >= 0.3 is 0 Å². The first-order valence-corrected chi connectivity index (χ1v) is 8.92. The van der Waals surface area contributed by atoms with E-state index in [1.54, 1.807) is 43.3 Å². The van der Waals surface area contributed by atoms with Gasteiger partial charge in [-0.05, 0) is 67.0 Å². The van der Waals surface area contributed by atoms with E-state index >= 15 is 0 Å². The van der Waals surface area contributed by atoms with E-state index in [0.717, 1.165) is 4.68 Å². The Morgan fingerprint density at radius 3 is 2.69 bits per heavy atom. The van der Waals surface area contributed by atoms with Crippen LogP contribution in [0, 0.1) is 6.92 Å². The summed E-state index contributed by atoms with van der Waals surface area (Å²) in [6.45, 7) is 5.48. The van der Waals surface area contributed by atoms with Crippen LogP contribution in [-0.2, 0) is 0 Å². The van der Waals surface area contributed by atoms with Crippen LogP contribution >= 0.6 is 15.9 Å². The number of hydrogen-bond acceptors (Lipinski definition) is 4. The van der Waals surface area contributed by atoms with E-state index in [-0.39, 0.29) is 11.7 Å². The first kappa shape index (κ1) is 18.1. The summed E-state index contributed by atoms with van der Waals surface area (Å²) >= 11 is 3.37. The molecule has 0 saturated heterocycles. The number of carbonyl (C=O) groups excluding carboxylic acids is 1. The van der Waals surface area contributed by atoms with Crippen molar-refractivity contribution in [1.82, 2.24) is 9.66 Å². The highest BCUT2D eigenvalue weighted by atomic mass is 79.9. The zero-order valence-corrected chi connectivity index (χ0v) is 16.2. The normalized spacial score (nSPS) is 11.0. The number of ether oxygens (including phenoxy) is 1. The summed E-state index contributed by atoms with van der Waals surface area (Å²) in [5.74, 6) is 0.537. The molecule has 0 bridgehead atoms. The minimum atomic E-state index is -0.437. The molecule has 0 spiro atoms. The topological polar surface area (TPSA) is 73.2 Å². The third-order valence-corrected chi connectivity index (χ3v) is 4.40. The Hall–Kier alpha value is -2.67. The second kappa shape index (κ2) is 7.29. The molecule has 26 heavy (non-hydrogen) atoms. The Kier molecular flexibility index (Phi) is 5.08. The average Bonchev–Trinajstić information content (AvgIpc) is 2.59. The molecule has 6 nitrogen and oxygen atoms in total. The molecule has 2 aromatic carbocycles. The number of rotatable bonds is 4. The van der Waals surface area contributed by atoms with Crippen LogP contribution in [0.2, 0.25) is 0 Å². The molecule has 0 saturated carbocycles. The summed E-state index contributed by atoms with van der Waals surface area (Å²) in [6.07, 6.45) is -0.0124. The van der Waals surface area contributed by atoms with Crippen LogP contribution < -0.4 is 15.7 Å². The van der Waals surface area contributed by atoms with Crippen molar-refractivity contribution >= 4 is 32.7 Å². The molecule has 3 rings (SSSR count). The number of nitrogens with one attached hydrogen (secondary N) is 1.